The summed E-state index contributed by atoms with van der Waals surface area (Å²) in [4.78, 5) is 13.4. The van der Waals surface area contributed by atoms with Crippen LogP contribution in [0.3, 0.4) is 0 Å². The molecule has 15 heavy (non-hydrogen) atoms. The molecule has 0 aromatic rings. The van der Waals surface area contributed by atoms with Gasteiger partial charge in [0.15, 0.2) is 0 Å². The molecule has 0 aromatic carbocycles. The highest BCUT2D eigenvalue weighted by molar-refractivity contribution is 5.81. The number of nitrogens with zero attached hydrogens (tertiary/aromatic N) is 1. The molecule has 0 radical (unpaired) electrons. The maximum Gasteiger partial charge on any atom is 0.239 e. The number of ether oxygens (including phenoxy) is 1. The number of carbonyl (C=O) groups excluding carboxylic acids is 1. The highest BCUT2D eigenvalue weighted by atomic mass is 16.5. The van der Waals surface area contributed by atoms with Crippen molar-refractivity contribution in [3.8, 4) is 0 Å². The SMILES string of the molecule is CCN(C)C(=O)C(C)NCC(C)COC. The van der Waals surface area contributed by atoms with Crippen LogP contribution in [0.15, 0.2) is 0 Å². The predicted octanol–water partition coefficient (Wildman–Crippen LogP) is 0.725. The smallest absolute Gasteiger partial charge is 0.239 e. The summed E-state index contributed by atoms with van der Waals surface area (Å²) in [7, 11) is 3.51. The van der Waals surface area contributed by atoms with Gasteiger partial charge in [0.1, 0.15) is 0 Å². The van der Waals surface area contributed by atoms with E-state index in [1.54, 1.807) is 12.0 Å². The molecule has 4 heteroatoms. The second kappa shape index (κ2) is 7.65. The van der Waals surface area contributed by atoms with Crippen molar-refractivity contribution in [3.63, 3.8) is 0 Å². The Morgan fingerprint density at radius 3 is 2.53 bits per heavy atom. The second-order valence-corrected chi connectivity index (χ2v) is 4.04. The number of nitrogens with one attached hydrogen (secondary N) is 1. The summed E-state index contributed by atoms with van der Waals surface area (Å²) in [5.74, 6) is 0.569. The molecule has 2 atom stereocenters. The van der Waals surface area contributed by atoms with E-state index >= 15 is 0 Å². The van der Waals surface area contributed by atoms with E-state index in [2.05, 4.69) is 12.2 Å². The van der Waals surface area contributed by atoms with E-state index in [1.165, 1.54) is 0 Å². The average molecular weight is 216 g/mol. The molecule has 0 aliphatic carbocycles. The third kappa shape index (κ3) is 5.74. The van der Waals surface area contributed by atoms with Crippen LogP contribution in [0.2, 0.25) is 0 Å². The van der Waals surface area contributed by atoms with Gasteiger partial charge in [-0.05, 0) is 19.8 Å². The first-order valence-corrected chi connectivity index (χ1v) is 5.50. The van der Waals surface area contributed by atoms with Gasteiger partial charge in [0, 0.05) is 33.9 Å². The number of rotatable bonds is 7. The number of likely N-dealkylation sites (N-methyl/N-ethyl adjacent to an activating group) is 1. The highest BCUT2D eigenvalue weighted by Crippen LogP contribution is 1.96. The normalized spacial score (nSPS) is 14.7. The van der Waals surface area contributed by atoms with Crippen molar-refractivity contribution in [2.75, 3.05) is 33.9 Å². The van der Waals surface area contributed by atoms with Crippen molar-refractivity contribution in [1.29, 1.82) is 0 Å². The lowest BCUT2D eigenvalue weighted by molar-refractivity contribution is -0.131. The lowest BCUT2D eigenvalue weighted by Crippen LogP contribution is -2.44. The molecule has 0 fully saturated rings. The molecule has 0 rings (SSSR count). The van der Waals surface area contributed by atoms with Crippen molar-refractivity contribution in [1.82, 2.24) is 10.2 Å². The van der Waals surface area contributed by atoms with Crippen LogP contribution in [0.5, 0.6) is 0 Å². The molecule has 0 spiro atoms. The summed E-state index contributed by atoms with van der Waals surface area (Å²) in [5, 5.41) is 3.21. The lowest BCUT2D eigenvalue weighted by atomic mass is 10.2. The zero-order valence-electron chi connectivity index (χ0n) is 10.5. The molecule has 1 N–H and O–H groups in total. The van der Waals surface area contributed by atoms with Gasteiger partial charge in [-0.3, -0.25) is 4.79 Å². The van der Waals surface area contributed by atoms with E-state index < -0.39 is 0 Å². The number of carbonyl (C=O) groups is 1. The van der Waals surface area contributed by atoms with Gasteiger partial charge in [-0.2, -0.15) is 0 Å². The molecule has 2 unspecified atom stereocenters. The van der Waals surface area contributed by atoms with Crippen molar-refractivity contribution in [2.45, 2.75) is 26.8 Å². The second-order valence-electron chi connectivity index (χ2n) is 4.04. The van der Waals surface area contributed by atoms with E-state index in [1.807, 2.05) is 20.9 Å². The Labute approximate surface area is 93.0 Å². The maximum absolute atomic E-state index is 11.7. The minimum atomic E-state index is -0.116. The van der Waals surface area contributed by atoms with Gasteiger partial charge in [0.05, 0.1) is 6.04 Å². The third-order valence-corrected chi connectivity index (χ3v) is 2.44. The summed E-state index contributed by atoms with van der Waals surface area (Å²) in [5.41, 5.74) is 0. The van der Waals surface area contributed by atoms with Crippen LogP contribution >= 0.6 is 0 Å². The Kier molecular flexibility index (Phi) is 7.34. The maximum atomic E-state index is 11.7. The van der Waals surface area contributed by atoms with E-state index in [9.17, 15) is 4.79 Å². The van der Waals surface area contributed by atoms with E-state index in [-0.39, 0.29) is 11.9 Å². The van der Waals surface area contributed by atoms with Crippen LogP contribution in [0.25, 0.3) is 0 Å². The van der Waals surface area contributed by atoms with Gasteiger partial charge < -0.3 is 15.0 Å². The molecule has 0 saturated carbocycles. The molecule has 0 heterocycles. The van der Waals surface area contributed by atoms with E-state index in [4.69, 9.17) is 4.74 Å². The standard InChI is InChI=1S/C11H24N2O2/c1-6-13(4)11(14)10(3)12-7-9(2)8-15-5/h9-10,12H,6-8H2,1-5H3. The fourth-order valence-electron chi connectivity index (χ4n) is 1.30. The van der Waals surface area contributed by atoms with Gasteiger partial charge in [-0.1, -0.05) is 6.92 Å². The van der Waals surface area contributed by atoms with Crippen molar-refractivity contribution < 1.29 is 9.53 Å². The van der Waals surface area contributed by atoms with Crippen LogP contribution in [-0.4, -0.2) is 50.7 Å². The largest absolute Gasteiger partial charge is 0.384 e. The molecule has 90 valence electrons. The monoisotopic (exact) mass is 216 g/mol. The van der Waals surface area contributed by atoms with Crippen LogP contribution < -0.4 is 5.32 Å². The van der Waals surface area contributed by atoms with Crippen molar-refractivity contribution in [3.05, 3.63) is 0 Å². The first-order chi connectivity index (χ1) is 7.02. The third-order valence-electron chi connectivity index (χ3n) is 2.44. The number of methoxy groups -OCH3 is 1. The Bertz CT molecular complexity index is 185. The van der Waals surface area contributed by atoms with E-state index in [0.717, 1.165) is 19.7 Å². The number of hydrogen-bond donors (Lipinski definition) is 1. The molecule has 0 bridgehead atoms. The molecule has 4 nitrogen and oxygen atoms in total. The van der Waals surface area contributed by atoms with Gasteiger partial charge in [0.2, 0.25) is 5.91 Å². The fourth-order valence-corrected chi connectivity index (χ4v) is 1.30. The zero-order valence-corrected chi connectivity index (χ0v) is 10.5. The lowest BCUT2D eigenvalue weighted by Gasteiger charge is -2.22. The van der Waals surface area contributed by atoms with Gasteiger partial charge in [-0.25, -0.2) is 0 Å². The topological polar surface area (TPSA) is 41.6 Å². The summed E-state index contributed by atoms with van der Waals surface area (Å²) in [6, 6.07) is -0.116. The summed E-state index contributed by atoms with van der Waals surface area (Å²) >= 11 is 0. The van der Waals surface area contributed by atoms with Crippen molar-refractivity contribution >= 4 is 5.91 Å². The fraction of sp³-hybridized carbons (Fsp3) is 0.909. The van der Waals surface area contributed by atoms with Crippen molar-refractivity contribution in [2.24, 2.45) is 5.92 Å². The highest BCUT2D eigenvalue weighted by Gasteiger charge is 2.16. The molecule has 0 saturated heterocycles. The van der Waals surface area contributed by atoms with Crippen LogP contribution in [0.4, 0.5) is 0 Å². The molecular weight excluding hydrogens is 192 g/mol. The summed E-state index contributed by atoms with van der Waals surface area (Å²) in [6.45, 7) is 8.23. The molecular formula is C11H24N2O2. The Morgan fingerprint density at radius 1 is 1.47 bits per heavy atom. The predicted molar refractivity (Wildman–Crippen MR) is 61.8 cm³/mol. The first-order valence-electron chi connectivity index (χ1n) is 5.50. The Hall–Kier alpha value is -0.610. The van der Waals surface area contributed by atoms with E-state index in [0.29, 0.717) is 5.92 Å². The van der Waals surface area contributed by atoms with Gasteiger partial charge in [-0.15, -0.1) is 0 Å². The minimum absolute atomic E-state index is 0.116. The Morgan fingerprint density at radius 2 is 2.07 bits per heavy atom. The molecule has 1 amide bonds. The van der Waals surface area contributed by atoms with Gasteiger partial charge in [0.25, 0.3) is 0 Å². The quantitative estimate of drug-likeness (QED) is 0.682. The average Bonchev–Trinajstić information content (AvgIpc) is 2.24. The minimum Gasteiger partial charge on any atom is -0.384 e. The zero-order chi connectivity index (χ0) is 11.8. The molecule has 0 aliphatic heterocycles. The molecule has 0 aromatic heterocycles. The molecule has 0 aliphatic rings. The van der Waals surface area contributed by atoms with Crippen LogP contribution in [-0.2, 0) is 9.53 Å². The van der Waals surface area contributed by atoms with Crippen LogP contribution in [0, 0.1) is 5.92 Å². The summed E-state index contributed by atoms with van der Waals surface area (Å²) < 4.78 is 5.03. The number of hydrogen-bond acceptors (Lipinski definition) is 3. The Balaban J connectivity index is 3.82. The first kappa shape index (κ1) is 14.4. The van der Waals surface area contributed by atoms with Gasteiger partial charge >= 0.3 is 0 Å². The van der Waals surface area contributed by atoms with Crippen LogP contribution in [0.1, 0.15) is 20.8 Å². The number of amides is 1. The summed E-state index contributed by atoms with van der Waals surface area (Å²) in [6.07, 6.45) is 0.